The molecular formula is C27H19N3OS. The van der Waals surface area contributed by atoms with E-state index in [9.17, 15) is 4.79 Å². The molecule has 0 fully saturated rings. The van der Waals surface area contributed by atoms with E-state index in [0.717, 1.165) is 44.2 Å². The molecule has 3 aromatic heterocycles. The molecule has 0 spiro atoms. The number of rotatable bonds is 3. The van der Waals surface area contributed by atoms with Gasteiger partial charge in [-0.1, -0.05) is 72.0 Å². The van der Waals surface area contributed by atoms with Crippen molar-refractivity contribution >= 4 is 33.4 Å². The van der Waals surface area contributed by atoms with Crippen molar-refractivity contribution in [2.45, 2.75) is 6.92 Å². The van der Waals surface area contributed by atoms with Gasteiger partial charge in [-0.15, -0.1) is 0 Å². The Morgan fingerprint density at radius 3 is 2.34 bits per heavy atom. The Kier molecular flexibility index (Phi) is 4.30. The van der Waals surface area contributed by atoms with Gasteiger partial charge in [-0.25, -0.2) is 9.38 Å². The molecule has 6 aromatic rings. The minimum absolute atomic E-state index is 0.0252. The van der Waals surface area contributed by atoms with Gasteiger partial charge in [0.1, 0.15) is 0 Å². The molecule has 0 aliphatic carbocycles. The highest BCUT2D eigenvalue weighted by molar-refractivity contribution is 7.15. The molecule has 0 amide bonds. The number of aryl methyl sites for hydroxylation is 1. The first kappa shape index (κ1) is 18.8. The summed E-state index contributed by atoms with van der Waals surface area (Å²) in [4.78, 5) is 18.7. The van der Waals surface area contributed by atoms with Crippen LogP contribution in [0.1, 0.15) is 11.3 Å². The lowest BCUT2D eigenvalue weighted by atomic mass is 10.1. The summed E-state index contributed by atoms with van der Waals surface area (Å²) >= 11 is 1.43. The van der Waals surface area contributed by atoms with Crippen LogP contribution in [-0.2, 0) is 0 Å². The van der Waals surface area contributed by atoms with Crippen molar-refractivity contribution in [1.29, 1.82) is 0 Å². The van der Waals surface area contributed by atoms with Crippen LogP contribution < -0.4 is 10.1 Å². The van der Waals surface area contributed by atoms with Crippen LogP contribution in [0.2, 0.25) is 0 Å². The van der Waals surface area contributed by atoms with Crippen molar-refractivity contribution in [3.8, 4) is 16.9 Å². The van der Waals surface area contributed by atoms with Gasteiger partial charge in [-0.3, -0.25) is 4.79 Å². The van der Waals surface area contributed by atoms with E-state index in [4.69, 9.17) is 0 Å². The number of fused-ring (bicyclic) bond motifs is 3. The first-order chi connectivity index (χ1) is 15.7. The highest BCUT2D eigenvalue weighted by Gasteiger charge is 2.16. The van der Waals surface area contributed by atoms with E-state index in [1.165, 1.54) is 11.3 Å². The predicted molar refractivity (Wildman–Crippen MR) is 132 cm³/mol. The summed E-state index contributed by atoms with van der Waals surface area (Å²) in [6.45, 7) is 2.10. The molecule has 3 heterocycles. The molecule has 0 radical (unpaired) electrons. The molecular weight excluding hydrogens is 414 g/mol. The molecule has 3 aromatic carbocycles. The maximum absolute atomic E-state index is 13.3. The zero-order valence-electron chi connectivity index (χ0n) is 17.4. The molecule has 5 heteroatoms. The molecule has 0 bridgehead atoms. The number of hydrogen-bond acceptors (Lipinski definition) is 3. The monoisotopic (exact) mass is 433 g/mol. The van der Waals surface area contributed by atoms with Crippen molar-refractivity contribution in [2.75, 3.05) is 0 Å². The Hall–Kier alpha value is -3.96. The third-order valence-electron chi connectivity index (χ3n) is 5.71. The van der Waals surface area contributed by atoms with E-state index in [1.54, 1.807) is 4.40 Å². The quantitative estimate of drug-likeness (QED) is 0.384. The SMILES string of the molecule is Cc1cc(/C=c2\sc3nc4ccccc4n3c2=O)c(-c2ccccc2)n1-c1ccccc1. The fourth-order valence-electron chi connectivity index (χ4n) is 4.33. The summed E-state index contributed by atoms with van der Waals surface area (Å²) in [6, 6.07) is 30.6. The molecule has 154 valence electrons. The third-order valence-corrected chi connectivity index (χ3v) is 6.68. The lowest BCUT2D eigenvalue weighted by molar-refractivity contribution is 1.02. The first-order valence-corrected chi connectivity index (χ1v) is 11.3. The van der Waals surface area contributed by atoms with Crippen molar-refractivity contribution in [3.63, 3.8) is 0 Å². The maximum atomic E-state index is 13.3. The number of thiazole rings is 1. The standard InChI is InChI=1S/C27H19N3OS/c1-18-16-20(17-24-26(31)30-23-15-9-8-14-22(23)28-27(30)32-24)25(19-10-4-2-5-11-19)29(18)21-12-6-3-7-13-21/h2-17H,1H3/b24-17-. The molecule has 0 aliphatic heterocycles. The Balaban J connectivity index is 1.64. The van der Waals surface area contributed by atoms with Crippen LogP contribution in [0.3, 0.4) is 0 Å². The highest BCUT2D eigenvalue weighted by atomic mass is 32.1. The van der Waals surface area contributed by atoms with Crippen molar-refractivity contribution in [1.82, 2.24) is 14.0 Å². The predicted octanol–water partition coefficient (Wildman–Crippen LogP) is 5.22. The molecule has 32 heavy (non-hydrogen) atoms. The summed E-state index contributed by atoms with van der Waals surface area (Å²) in [5, 5.41) is 0. The van der Waals surface area contributed by atoms with E-state index in [1.807, 2.05) is 66.7 Å². The van der Waals surface area contributed by atoms with E-state index in [0.29, 0.717) is 4.53 Å². The average molecular weight is 434 g/mol. The second kappa shape index (κ2) is 7.32. The average Bonchev–Trinajstić information content (AvgIpc) is 3.45. The van der Waals surface area contributed by atoms with Gasteiger partial charge in [0, 0.05) is 16.9 Å². The second-order valence-corrected chi connectivity index (χ2v) is 8.77. The minimum Gasteiger partial charge on any atom is -0.313 e. The zero-order valence-corrected chi connectivity index (χ0v) is 18.2. The molecule has 0 saturated carbocycles. The largest absolute Gasteiger partial charge is 0.313 e. The van der Waals surface area contributed by atoms with Crippen molar-refractivity contribution in [2.24, 2.45) is 0 Å². The topological polar surface area (TPSA) is 39.3 Å². The normalized spacial score (nSPS) is 12.2. The van der Waals surface area contributed by atoms with Gasteiger partial charge in [0.2, 0.25) is 0 Å². The molecule has 0 aliphatic rings. The van der Waals surface area contributed by atoms with E-state index >= 15 is 0 Å². The number of aromatic nitrogens is 3. The Bertz CT molecular complexity index is 1690. The smallest absolute Gasteiger partial charge is 0.274 e. The van der Waals surface area contributed by atoms with Crippen LogP contribution in [0.4, 0.5) is 0 Å². The van der Waals surface area contributed by atoms with E-state index in [2.05, 4.69) is 46.8 Å². The fourth-order valence-corrected chi connectivity index (χ4v) is 5.31. The lowest BCUT2D eigenvalue weighted by Gasteiger charge is -2.13. The molecule has 0 atom stereocenters. The number of benzene rings is 3. The van der Waals surface area contributed by atoms with Crippen LogP contribution in [-0.4, -0.2) is 14.0 Å². The van der Waals surface area contributed by atoms with Crippen LogP contribution >= 0.6 is 11.3 Å². The zero-order chi connectivity index (χ0) is 21.7. The Morgan fingerprint density at radius 2 is 1.56 bits per heavy atom. The number of hydrogen-bond donors (Lipinski definition) is 0. The Morgan fingerprint density at radius 1 is 0.875 bits per heavy atom. The molecule has 0 unspecified atom stereocenters. The number of para-hydroxylation sites is 3. The van der Waals surface area contributed by atoms with Gasteiger partial charge in [-0.2, -0.15) is 0 Å². The maximum Gasteiger partial charge on any atom is 0.274 e. The van der Waals surface area contributed by atoms with E-state index in [-0.39, 0.29) is 5.56 Å². The van der Waals surface area contributed by atoms with Gasteiger partial charge in [0.25, 0.3) is 5.56 Å². The molecule has 0 N–H and O–H groups in total. The molecule has 4 nitrogen and oxygen atoms in total. The number of nitrogens with zero attached hydrogens (tertiary/aromatic N) is 3. The van der Waals surface area contributed by atoms with Gasteiger partial charge in [-0.05, 0) is 48.9 Å². The van der Waals surface area contributed by atoms with Crippen LogP contribution in [0.5, 0.6) is 0 Å². The molecule has 6 rings (SSSR count). The van der Waals surface area contributed by atoms with Crippen molar-refractivity contribution in [3.05, 3.63) is 117 Å². The lowest BCUT2D eigenvalue weighted by Crippen LogP contribution is -2.22. The van der Waals surface area contributed by atoms with Gasteiger partial charge >= 0.3 is 0 Å². The van der Waals surface area contributed by atoms with Crippen molar-refractivity contribution < 1.29 is 0 Å². The van der Waals surface area contributed by atoms with Gasteiger partial charge in [0.05, 0.1) is 21.3 Å². The van der Waals surface area contributed by atoms with Crippen LogP contribution in [0.25, 0.3) is 39.0 Å². The van der Waals surface area contributed by atoms with E-state index < -0.39 is 0 Å². The Labute approximate surface area is 188 Å². The minimum atomic E-state index is -0.0252. The second-order valence-electron chi connectivity index (χ2n) is 7.76. The highest BCUT2D eigenvalue weighted by Crippen LogP contribution is 2.31. The van der Waals surface area contributed by atoms with Crippen LogP contribution in [0.15, 0.2) is 95.8 Å². The first-order valence-electron chi connectivity index (χ1n) is 10.5. The number of imidazole rings is 1. The summed E-state index contributed by atoms with van der Waals surface area (Å²) in [7, 11) is 0. The summed E-state index contributed by atoms with van der Waals surface area (Å²) in [6.07, 6.45) is 2.01. The van der Waals surface area contributed by atoms with Crippen LogP contribution in [0, 0.1) is 6.92 Å². The third kappa shape index (κ3) is 2.90. The van der Waals surface area contributed by atoms with Gasteiger partial charge in [0.15, 0.2) is 4.96 Å². The summed E-state index contributed by atoms with van der Waals surface area (Å²) in [5.41, 5.74) is 7.08. The summed E-state index contributed by atoms with van der Waals surface area (Å²) in [5.74, 6) is 0. The molecule has 0 saturated heterocycles. The summed E-state index contributed by atoms with van der Waals surface area (Å²) < 4.78 is 4.65. The fraction of sp³-hybridized carbons (Fsp3) is 0.0370. The van der Waals surface area contributed by atoms with Gasteiger partial charge < -0.3 is 4.57 Å².